The van der Waals surface area contributed by atoms with E-state index in [1.165, 1.54) is 0 Å². The second-order valence-corrected chi connectivity index (χ2v) is 3.88. The zero-order valence-corrected chi connectivity index (χ0v) is 9.60. The Labute approximate surface area is 94.3 Å². The fraction of sp³-hybridized carbons (Fsp3) is 0. The van der Waals surface area contributed by atoms with Gasteiger partial charge >= 0.3 is 0 Å². The second kappa shape index (κ2) is 5.20. The standard InChI is InChI=1S/C7H10BrN5S/c8-4-2-1-3-5(14-11)6(4)7(12-9)13-10/h1-3H,9-11H2,(H,12,13). The molecule has 0 unspecified atom stereocenters. The van der Waals surface area contributed by atoms with Crippen molar-refractivity contribution in [2.45, 2.75) is 4.90 Å². The van der Waals surface area contributed by atoms with Crippen molar-refractivity contribution in [3.63, 3.8) is 0 Å². The summed E-state index contributed by atoms with van der Waals surface area (Å²) in [5.74, 6) is 10.8. The van der Waals surface area contributed by atoms with Crippen LogP contribution in [0, 0.1) is 0 Å². The Morgan fingerprint density at radius 1 is 1.50 bits per heavy atom. The van der Waals surface area contributed by atoms with Crippen LogP contribution in [-0.2, 0) is 0 Å². The van der Waals surface area contributed by atoms with E-state index in [9.17, 15) is 0 Å². The maximum Gasteiger partial charge on any atom is 0.169 e. The van der Waals surface area contributed by atoms with E-state index in [0.717, 1.165) is 26.9 Å². The maximum atomic E-state index is 5.50. The monoisotopic (exact) mass is 275 g/mol. The highest BCUT2D eigenvalue weighted by Gasteiger charge is 2.11. The van der Waals surface area contributed by atoms with Gasteiger partial charge in [-0.05, 0) is 40.0 Å². The molecule has 0 radical (unpaired) electrons. The minimum absolute atomic E-state index is 0.380. The molecule has 0 heterocycles. The summed E-state index contributed by atoms with van der Waals surface area (Å²) in [6.45, 7) is 0. The third-order valence-electron chi connectivity index (χ3n) is 1.60. The molecule has 5 nitrogen and oxygen atoms in total. The van der Waals surface area contributed by atoms with Gasteiger partial charge in [0.1, 0.15) is 0 Å². The first-order valence-corrected chi connectivity index (χ1v) is 5.32. The molecule has 0 aliphatic heterocycles. The Morgan fingerprint density at radius 3 is 2.71 bits per heavy atom. The van der Waals surface area contributed by atoms with E-state index in [1.807, 2.05) is 18.2 Å². The number of hydrazine groups is 1. The van der Waals surface area contributed by atoms with E-state index < -0.39 is 0 Å². The van der Waals surface area contributed by atoms with Crippen LogP contribution in [0.3, 0.4) is 0 Å². The molecule has 0 spiro atoms. The molecule has 7 heteroatoms. The van der Waals surface area contributed by atoms with Crippen LogP contribution in [0.2, 0.25) is 0 Å². The van der Waals surface area contributed by atoms with Crippen molar-refractivity contribution < 1.29 is 0 Å². The van der Waals surface area contributed by atoms with E-state index in [1.54, 1.807) is 0 Å². The summed E-state index contributed by atoms with van der Waals surface area (Å²) in [4.78, 5) is 0.835. The van der Waals surface area contributed by atoms with Gasteiger partial charge in [-0.15, -0.1) is 0 Å². The van der Waals surface area contributed by atoms with Gasteiger partial charge in [0.05, 0.1) is 0 Å². The topological polar surface area (TPSA) is 102 Å². The Bertz CT molecular complexity index is 354. The van der Waals surface area contributed by atoms with E-state index in [4.69, 9.17) is 16.8 Å². The lowest BCUT2D eigenvalue weighted by molar-refractivity contribution is 0.996. The number of rotatable bonds is 2. The third kappa shape index (κ3) is 2.18. The number of halogens is 1. The molecule has 0 bridgehead atoms. The van der Waals surface area contributed by atoms with Crippen LogP contribution >= 0.6 is 27.9 Å². The molecule has 0 saturated heterocycles. The number of benzene rings is 1. The third-order valence-corrected chi connectivity index (χ3v) is 2.86. The molecule has 0 aliphatic carbocycles. The Balaban J connectivity index is 3.29. The minimum atomic E-state index is 0.380. The smallest absolute Gasteiger partial charge is 0.169 e. The van der Waals surface area contributed by atoms with Gasteiger partial charge in [0.2, 0.25) is 0 Å². The van der Waals surface area contributed by atoms with Crippen LogP contribution in [-0.4, -0.2) is 5.84 Å². The normalized spacial score (nSPS) is 11.5. The molecule has 0 saturated carbocycles. The number of amidine groups is 1. The van der Waals surface area contributed by atoms with Crippen LogP contribution in [0.1, 0.15) is 5.56 Å². The molecular formula is C7H10BrN5S. The van der Waals surface area contributed by atoms with Gasteiger partial charge in [-0.25, -0.2) is 5.84 Å². The highest BCUT2D eigenvalue weighted by Crippen LogP contribution is 2.25. The van der Waals surface area contributed by atoms with Crippen molar-refractivity contribution in [3.8, 4) is 0 Å². The lowest BCUT2D eigenvalue weighted by atomic mass is 10.2. The Kier molecular flexibility index (Phi) is 4.21. The molecule has 1 rings (SSSR count). The van der Waals surface area contributed by atoms with Gasteiger partial charge < -0.3 is 11.3 Å². The number of nitrogens with one attached hydrogen (secondary N) is 1. The van der Waals surface area contributed by atoms with Crippen LogP contribution in [0.5, 0.6) is 0 Å². The minimum Gasteiger partial charge on any atom is -0.321 e. The Hall–Kier alpha value is -0.760. The lowest BCUT2D eigenvalue weighted by Gasteiger charge is -2.10. The number of nitrogens with two attached hydrogens (primary N) is 3. The first-order valence-electron chi connectivity index (χ1n) is 3.64. The number of hydrogen-bond acceptors (Lipinski definition) is 5. The fourth-order valence-electron chi connectivity index (χ4n) is 1.01. The Morgan fingerprint density at radius 2 is 2.21 bits per heavy atom. The van der Waals surface area contributed by atoms with Crippen molar-refractivity contribution in [2.75, 3.05) is 0 Å². The van der Waals surface area contributed by atoms with Gasteiger partial charge in [-0.3, -0.25) is 5.14 Å². The highest BCUT2D eigenvalue weighted by atomic mass is 79.9. The van der Waals surface area contributed by atoms with Crippen molar-refractivity contribution >= 4 is 33.7 Å². The predicted octanol–water partition coefficient (Wildman–Crippen LogP) is 0.498. The number of hydrazone groups is 1. The average Bonchev–Trinajstić information content (AvgIpc) is 2.22. The summed E-state index contributed by atoms with van der Waals surface area (Å²) in [7, 11) is 0. The van der Waals surface area contributed by atoms with Gasteiger partial charge in [-0.2, -0.15) is 5.10 Å². The molecule has 1 aromatic rings. The molecule has 76 valence electrons. The summed E-state index contributed by atoms with van der Waals surface area (Å²) in [5, 5.41) is 9.03. The first kappa shape index (κ1) is 11.3. The van der Waals surface area contributed by atoms with E-state index in [-0.39, 0.29) is 0 Å². The molecule has 7 N–H and O–H groups in total. The summed E-state index contributed by atoms with van der Waals surface area (Å²) >= 11 is 4.48. The molecule has 14 heavy (non-hydrogen) atoms. The number of nitrogens with zero attached hydrogens (tertiary/aromatic N) is 1. The second-order valence-electron chi connectivity index (χ2n) is 2.35. The van der Waals surface area contributed by atoms with E-state index >= 15 is 0 Å². The zero-order valence-electron chi connectivity index (χ0n) is 7.20. The van der Waals surface area contributed by atoms with Crippen molar-refractivity contribution in [3.05, 3.63) is 28.2 Å². The zero-order chi connectivity index (χ0) is 10.6. The summed E-state index contributed by atoms with van der Waals surface area (Å²) < 4.78 is 0.829. The van der Waals surface area contributed by atoms with Crippen molar-refractivity contribution in [1.29, 1.82) is 0 Å². The predicted molar refractivity (Wildman–Crippen MR) is 62.2 cm³/mol. The summed E-state index contributed by atoms with van der Waals surface area (Å²) in [5.41, 5.74) is 3.16. The van der Waals surface area contributed by atoms with E-state index in [0.29, 0.717) is 5.84 Å². The maximum absolute atomic E-state index is 5.50. The molecule has 0 aromatic heterocycles. The molecule has 0 atom stereocenters. The summed E-state index contributed by atoms with van der Waals surface area (Å²) in [6.07, 6.45) is 0. The van der Waals surface area contributed by atoms with Gasteiger partial charge in [-0.1, -0.05) is 6.07 Å². The highest BCUT2D eigenvalue weighted by molar-refractivity contribution is 9.10. The van der Waals surface area contributed by atoms with Crippen LogP contribution in [0.25, 0.3) is 0 Å². The van der Waals surface area contributed by atoms with Crippen molar-refractivity contribution in [2.24, 2.45) is 21.9 Å². The molecule has 0 aliphatic rings. The first-order chi connectivity index (χ1) is 6.74. The lowest BCUT2D eigenvalue weighted by Crippen LogP contribution is -2.32. The largest absolute Gasteiger partial charge is 0.321 e. The number of hydrogen-bond donors (Lipinski definition) is 4. The summed E-state index contributed by atoms with van der Waals surface area (Å²) in [6, 6.07) is 5.58. The van der Waals surface area contributed by atoms with Gasteiger partial charge in [0, 0.05) is 14.9 Å². The van der Waals surface area contributed by atoms with Crippen LogP contribution in [0.15, 0.2) is 32.7 Å². The SMILES string of the molecule is N/N=C(\NN)c1c(Br)cccc1SN. The fourth-order valence-corrected chi connectivity index (χ4v) is 2.17. The average molecular weight is 276 g/mol. The van der Waals surface area contributed by atoms with Gasteiger partial charge in [0.15, 0.2) is 5.84 Å². The molecule has 0 amide bonds. The van der Waals surface area contributed by atoms with E-state index in [2.05, 4.69) is 26.5 Å². The molecule has 1 aromatic carbocycles. The molecular weight excluding hydrogens is 266 g/mol. The quantitative estimate of drug-likeness (QED) is 0.207. The van der Waals surface area contributed by atoms with Gasteiger partial charge in [0.25, 0.3) is 0 Å². The van der Waals surface area contributed by atoms with Crippen LogP contribution in [0.4, 0.5) is 0 Å². The molecule has 0 fully saturated rings. The van der Waals surface area contributed by atoms with Crippen LogP contribution < -0.4 is 22.3 Å². The van der Waals surface area contributed by atoms with Crippen molar-refractivity contribution in [1.82, 2.24) is 5.43 Å².